The number of carbonyl (C=O) groups is 2. The van der Waals surface area contributed by atoms with E-state index in [0.717, 1.165) is 5.56 Å². The van der Waals surface area contributed by atoms with Crippen molar-refractivity contribution in [1.82, 2.24) is 10.2 Å². The number of nitrogens with zero attached hydrogens (tertiary/aromatic N) is 1. The Kier molecular flexibility index (Phi) is 4.84. The van der Waals surface area contributed by atoms with E-state index in [4.69, 9.17) is 4.42 Å². The van der Waals surface area contributed by atoms with Crippen LogP contribution in [0.4, 0.5) is 0 Å². The molecular formula is C20H18N2O4. The van der Waals surface area contributed by atoms with Crippen molar-refractivity contribution < 1.29 is 14.0 Å². The molecule has 0 saturated heterocycles. The Balaban J connectivity index is 1.79. The second-order valence-corrected chi connectivity index (χ2v) is 5.91. The Morgan fingerprint density at radius 2 is 1.77 bits per heavy atom. The van der Waals surface area contributed by atoms with Crippen LogP contribution in [0, 0.1) is 0 Å². The molecule has 1 N–H and O–H groups in total. The highest BCUT2D eigenvalue weighted by Gasteiger charge is 2.17. The van der Waals surface area contributed by atoms with Crippen molar-refractivity contribution in [2.24, 2.45) is 0 Å². The minimum atomic E-state index is -0.386. The van der Waals surface area contributed by atoms with Crippen molar-refractivity contribution in [3.8, 4) is 0 Å². The molecule has 2 aromatic carbocycles. The van der Waals surface area contributed by atoms with E-state index in [1.54, 1.807) is 62.6 Å². The Labute approximate surface area is 150 Å². The van der Waals surface area contributed by atoms with Crippen molar-refractivity contribution in [2.75, 3.05) is 14.1 Å². The maximum absolute atomic E-state index is 12.6. The summed E-state index contributed by atoms with van der Waals surface area (Å²) in [5, 5.41) is 3.00. The molecule has 0 bridgehead atoms. The number of para-hydroxylation sites is 1. The molecule has 0 atom stereocenters. The van der Waals surface area contributed by atoms with E-state index in [0.29, 0.717) is 23.1 Å². The molecule has 0 saturated carbocycles. The Morgan fingerprint density at radius 1 is 1.08 bits per heavy atom. The Bertz CT molecular complexity index is 1020. The van der Waals surface area contributed by atoms with Crippen LogP contribution < -0.4 is 10.7 Å². The normalized spacial score (nSPS) is 10.5. The van der Waals surface area contributed by atoms with E-state index in [1.165, 1.54) is 11.0 Å². The largest absolute Gasteiger partial charge is 0.451 e. The molecule has 3 rings (SSSR count). The molecule has 2 amide bonds. The lowest BCUT2D eigenvalue weighted by Gasteiger charge is -2.17. The zero-order chi connectivity index (χ0) is 18.7. The van der Waals surface area contributed by atoms with Gasteiger partial charge in [-0.05, 0) is 29.8 Å². The Hall–Kier alpha value is -3.41. The third-order valence-corrected chi connectivity index (χ3v) is 4.06. The van der Waals surface area contributed by atoms with E-state index in [9.17, 15) is 14.4 Å². The standard InChI is InChI=1S/C20H18N2O4/c1-21-19(24)14-9-7-13(8-10-14)12-22(2)20(25)18-11-16(23)15-5-3-4-6-17(15)26-18/h3-11H,12H2,1-2H3,(H,21,24). The topological polar surface area (TPSA) is 79.6 Å². The lowest BCUT2D eigenvalue weighted by Crippen LogP contribution is -2.27. The number of carbonyl (C=O) groups excluding carboxylic acids is 2. The maximum atomic E-state index is 12.6. The lowest BCUT2D eigenvalue weighted by molar-refractivity contribution is 0.0753. The molecule has 6 nitrogen and oxygen atoms in total. The fourth-order valence-electron chi connectivity index (χ4n) is 2.65. The van der Waals surface area contributed by atoms with Gasteiger partial charge in [0.1, 0.15) is 5.58 Å². The molecule has 26 heavy (non-hydrogen) atoms. The molecule has 132 valence electrons. The van der Waals surface area contributed by atoms with E-state index < -0.39 is 0 Å². The van der Waals surface area contributed by atoms with Gasteiger partial charge in [0.25, 0.3) is 11.8 Å². The number of rotatable bonds is 4. The second kappa shape index (κ2) is 7.23. The highest BCUT2D eigenvalue weighted by molar-refractivity contribution is 5.94. The van der Waals surface area contributed by atoms with E-state index in [1.807, 2.05) is 0 Å². The predicted octanol–water partition coefficient (Wildman–Crippen LogP) is 2.42. The molecule has 0 aliphatic heterocycles. The zero-order valence-electron chi connectivity index (χ0n) is 14.5. The van der Waals surface area contributed by atoms with Crippen molar-refractivity contribution >= 4 is 22.8 Å². The average Bonchev–Trinajstić information content (AvgIpc) is 2.67. The third-order valence-electron chi connectivity index (χ3n) is 4.06. The van der Waals surface area contributed by atoms with Crippen molar-refractivity contribution in [2.45, 2.75) is 6.54 Å². The van der Waals surface area contributed by atoms with Gasteiger partial charge in [-0.1, -0.05) is 24.3 Å². The minimum Gasteiger partial charge on any atom is -0.451 e. The second-order valence-electron chi connectivity index (χ2n) is 5.91. The molecule has 0 radical (unpaired) electrons. The van der Waals surface area contributed by atoms with Crippen molar-refractivity contribution in [3.63, 3.8) is 0 Å². The average molecular weight is 350 g/mol. The van der Waals surface area contributed by atoms with Crippen LogP contribution >= 0.6 is 0 Å². The third kappa shape index (κ3) is 3.49. The fourth-order valence-corrected chi connectivity index (χ4v) is 2.65. The van der Waals surface area contributed by atoms with Crippen LogP contribution in [0.25, 0.3) is 11.0 Å². The van der Waals surface area contributed by atoms with Gasteiger partial charge < -0.3 is 14.6 Å². The van der Waals surface area contributed by atoms with Gasteiger partial charge in [0.2, 0.25) is 0 Å². The fraction of sp³-hybridized carbons (Fsp3) is 0.150. The Morgan fingerprint density at radius 3 is 2.46 bits per heavy atom. The number of hydrogen-bond donors (Lipinski definition) is 1. The summed E-state index contributed by atoms with van der Waals surface area (Å²) in [6.45, 7) is 0.323. The molecule has 1 heterocycles. The van der Waals surface area contributed by atoms with Crippen LogP contribution in [0.5, 0.6) is 0 Å². The van der Waals surface area contributed by atoms with Gasteiger partial charge in [0, 0.05) is 32.3 Å². The van der Waals surface area contributed by atoms with E-state index in [-0.39, 0.29) is 23.0 Å². The van der Waals surface area contributed by atoms with Crippen LogP contribution in [0.3, 0.4) is 0 Å². The molecule has 0 unspecified atom stereocenters. The van der Waals surface area contributed by atoms with E-state index >= 15 is 0 Å². The first kappa shape index (κ1) is 17.4. The first-order valence-corrected chi connectivity index (χ1v) is 8.09. The van der Waals surface area contributed by atoms with E-state index in [2.05, 4.69) is 5.32 Å². The van der Waals surface area contributed by atoms with Crippen LogP contribution in [0.2, 0.25) is 0 Å². The molecular weight excluding hydrogens is 332 g/mol. The predicted molar refractivity (Wildman–Crippen MR) is 98.1 cm³/mol. The van der Waals surface area contributed by atoms with Crippen LogP contribution in [0.1, 0.15) is 26.5 Å². The van der Waals surface area contributed by atoms with Gasteiger partial charge in [0.15, 0.2) is 11.2 Å². The number of hydrogen-bond acceptors (Lipinski definition) is 4. The summed E-state index contributed by atoms with van der Waals surface area (Å²) in [5.74, 6) is -0.555. The van der Waals surface area contributed by atoms with Gasteiger partial charge >= 0.3 is 0 Å². The number of amides is 2. The first-order chi connectivity index (χ1) is 12.5. The molecule has 1 aromatic heterocycles. The first-order valence-electron chi connectivity index (χ1n) is 8.09. The smallest absolute Gasteiger partial charge is 0.289 e. The highest BCUT2D eigenvalue weighted by Crippen LogP contribution is 2.14. The number of fused-ring (bicyclic) bond motifs is 1. The summed E-state index contributed by atoms with van der Waals surface area (Å²) in [6.07, 6.45) is 0. The van der Waals surface area contributed by atoms with Gasteiger partial charge in [-0.15, -0.1) is 0 Å². The SMILES string of the molecule is CNC(=O)c1ccc(CN(C)C(=O)c2cc(=O)c3ccccc3o2)cc1. The number of benzene rings is 2. The summed E-state index contributed by atoms with van der Waals surface area (Å²) in [7, 11) is 3.20. The lowest BCUT2D eigenvalue weighted by atomic mass is 10.1. The summed E-state index contributed by atoms with van der Waals surface area (Å²) in [5.41, 5.74) is 1.53. The molecule has 0 aliphatic carbocycles. The summed E-state index contributed by atoms with van der Waals surface area (Å²) in [4.78, 5) is 37.8. The molecule has 6 heteroatoms. The van der Waals surface area contributed by atoms with Crippen LogP contribution in [-0.4, -0.2) is 30.8 Å². The van der Waals surface area contributed by atoms with Gasteiger partial charge in [0.05, 0.1) is 5.39 Å². The number of nitrogens with one attached hydrogen (secondary N) is 1. The molecule has 0 aliphatic rings. The van der Waals surface area contributed by atoms with Crippen molar-refractivity contribution in [3.05, 3.63) is 81.7 Å². The monoisotopic (exact) mass is 350 g/mol. The maximum Gasteiger partial charge on any atom is 0.289 e. The van der Waals surface area contributed by atoms with Gasteiger partial charge in [-0.25, -0.2) is 0 Å². The van der Waals surface area contributed by atoms with Crippen LogP contribution in [0.15, 0.2) is 63.8 Å². The summed E-state index contributed by atoms with van der Waals surface area (Å²) < 4.78 is 5.58. The van der Waals surface area contributed by atoms with Gasteiger partial charge in [-0.3, -0.25) is 14.4 Å². The minimum absolute atomic E-state index is 0.00168. The van der Waals surface area contributed by atoms with Gasteiger partial charge in [-0.2, -0.15) is 0 Å². The van der Waals surface area contributed by atoms with Crippen molar-refractivity contribution in [1.29, 1.82) is 0 Å². The summed E-state index contributed by atoms with van der Waals surface area (Å²) in [6, 6.07) is 15.0. The molecule has 0 spiro atoms. The molecule has 0 fully saturated rings. The highest BCUT2D eigenvalue weighted by atomic mass is 16.3. The van der Waals surface area contributed by atoms with Crippen LogP contribution in [-0.2, 0) is 6.54 Å². The molecule has 3 aromatic rings. The quantitative estimate of drug-likeness (QED) is 0.784. The zero-order valence-corrected chi connectivity index (χ0v) is 14.5. The summed E-state index contributed by atoms with van der Waals surface area (Å²) >= 11 is 0.